The monoisotopic (exact) mass is 989 g/mol. The van der Waals surface area contributed by atoms with Crippen molar-refractivity contribution in [2.45, 2.75) is 103 Å². The van der Waals surface area contributed by atoms with Crippen LogP contribution in [0.1, 0.15) is 102 Å². The Labute approximate surface area is 418 Å². The van der Waals surface area contributed by atoms with Gasteiger partial charge in [0.15, 0.2) is 5.82 Å². The van der Waals surface area contributed by atoms with Crippen molar-refractivity contribution < 1.29 is 33.5 Å². The van der Waals surface area contributed by atoms with Crippen LogP contribution in [-0.2, 0) is 22.3 Å². The molecule has 22 heteroatoms. The number of nitrogens with one attached hydrogen (secondary N) is 2. The van der Waals surface area contributed by atoms with E-state index in [0.29, 0.717) is 73.6 Å². The molecule has 8 rings (SSSR count). The Morgan fingerprint density at radius 2 is 1.06 bits per heavy atom. The highest BCUT2D eigenvalue weighted by Gasteiger charge is 2.30. The standard InChI is InChI=1S/C25H31N7O5.C25H33N7O3/c1-25(2,3)37-24(33)30-11-9-19(10-12-30)31-16-17(14-27-31)13-22-26-15-21(32(34)35)23(29-22)28-18-5-7-20(36-4)8-6-18;1-25(2,3)35-24(33)31-11-9-19(10-12-31)32-16-17(14-28-32)13-22-27-15-21(26)23(30-22)29-18-5-7-20(34-4)8-6-18/h5-8,14-16,19H,9-13H2,1-4H3,(H,26,28,29);5-8,14-16,19H,9-13,26H2,1-4H3,(H,27,29,30). The van der Waals surface area contributed by atoms with Gasteiger partial charge in [-0.1, -0.05) is 0 Å². The molecule has 382 valence electrons. The summed E-state index contributed by atoms with van der Waals surface area (Å²) in [6.45, 7) is 13.7. The normalized spacial score (nSPS) is 14.4. The maximum atomic E-state index is 12.3. The average molecular weight is 989 g/mol. The smallest absolute Gasteiger partial charge is 0.410 e. The number of amides is 2. The SMILES string of the molecule is COc1ccc(Nc2nc(Cc3cnn(C4CCN(C(=O)OC(C)(C)C)CC4)c3)ncc2N)cc1.COc1ccc(Nc2nc(Cc3cnn(C4CCN(C(=O)OC(C)(C)C)CC4)c3)ncc2[N+](=O)[O-])cc1. The number of hydrogen-bond donors (Lipinski definition) is 3. The maximum Gasteiger partial charge on any atom is 0.410 e. The van der Waals surface area contributed by atoms with E-state index in [4.69, 9.17) is 24.7 Å². The van der Waals surface area contributed by atoms with Crippen LogP contribution in [0.4, 0.5) is 44.0 Å². The first-order chi connectivity index (χ1) is 34.3. The van der Waals surface area contributed by atoms with Crippen LogP contribution in [0.5, 0.6) is 11.5 Å². The van der Waals surface area contributed by atoms with E-state index in [2.05, 4.69) is 40.8 Å². The fourth-order valence-corrected chi connectivity index (χ4v) is 7.94. The fraction of sp³-hybridized carbons (Fsp3) is 0.440. The summed E-state index contributed by atoms with van der Waals surface area (Å²) in [4.78, 5) is 56.7. The highest BCUT2D eigenvalue weighted by molar-refractivity contribution is 5.69. The van der Waals surface area contributed by atoms with E-state index in [1.807, 2.05) is 93.8 Å². The van der Waals surface area contributed by atoms with Gasteiger partial charge in [0, 0.05) is 62.8 Å². The number of ether oxygens (including phenoxy) is 4. The van der Waals surface area contributed by atoms with E-state index in [-0.39, 0.29) is 35.8 Å². The lowest BCUT2D eigenvalue weighted by Gasteiger charge is -2.33. The van der Waals surface area contributed by atoms with Gasteiger partial charge in [-0.2, -0.15) is 10.2 Å². The second kappa shape index (κ2) is 22.8. The molecule has 72 heavy (non-hydrogen) atoms. The predicted molar refractivity (Wildman–Crippen MR) is 270 cm³/mol. The third-order valence-corrected chi connectivity index (χ3v) is 11.6. The van der Waals surface area contributed by atoms with Gasteiger partial charge >= 0.3 is 17.9 Å². The maximum absolute atomic E-state index is 12.3. The molecule has 0 spiro atoms. The first-order valence-corrected chi connectivity index (χ1v) is 23.8. The topological polar surface area (TPSA) is 258 Å². The van der Waals surface area contributed by atoms with Crippen LogP contribution in [-0.4, -0.2) is 118 Å². The Bertz CT molecular complexity index is 2770. The van der Waals surface area contributed by atoms with Crippen molar-refractivity contribution in [2.75, 3.05) is 56.8 Å². The number of benzene rings is 2. The summed E-state index contributed by atoms with van der Waals surface area (Å²) < 4.78 is 25.2. The number of anilines is 5. The number of methoxy groups -OCH3 is 2. The number of rotatable bonds is 13. The molecule has 0 saturated carbocycles. The van der Waals surface area contributed by atoms with Crippen molar-refractivity contribution in [1.82, 2.24) is 49.3 Å². The third-order valence-electron chi connectivity index (χ3n) is 11.6. The van der Waals surface area contributed by atoms with Crippen LogP contribution in [0, 0.1) is 10.1 Å². The number of carbonyl (C=O) groups is 2. The van der Waals surface area contributed by atoms with Crippen molar-refractivity contribution in [3.8, 4) is 11.5 Å². The largest absolute Gasteiger partial charge is 0.497 e. The Kier molecular flexibility index (Phi) is 16.4. The second-order valence-electron chi connectivity index (χ2n) is 19.5. The molecule has 22 nitrogen and oxygen atoms in total. The summed E-state index contributed by atoms with van der Waals surface area (Å²) in [5.41, 5.74) is 8.73. The number of nitro groups is 1. The molecule has 6 aromatic rings. The van der Waals surface area contributed by atoms with E-state index in [0.717, 1.165) is 48.2 Å². The first-order valence-electron chi connectivity index (χ1n) is 23.8. The van der Waals surface area contributed by atoms with Crippen LogP contribution < -0.4 is 25.8 Å². The molecule has 4 aromatic heterocycles. The Balaban J connectivity index is 0.000000212. The number of nitrogens with zero attached hydrogens (tertiary/aromatic N) is 11. The van der Waals surface area contributed by atoms with E-state index in [9.17, 15) is 19.7 Å². The highest BCUT2D eigenvalue weighted by Crippen LogP contribution is 2.29. The Morgan fingerprint density at radius 3 is 1.46 bits per heavy atom. The lowest BCUT2D eigenvalue weighted by Crippen LogP contribution is -2.42. The molecular weight excluding hydrogens is 925 g/mol. The quantitative estimate of drug-likeness (QED) is 0.0722. The second-order valence-corrected chi connectivity index (χ2v) is 19.5. The number of aromatic nitrogens is 8. The lowest BCUT2D eigenvalue weighted by molar-refractivity contribution is -0.384. The number of piperidine rings is 2. The Morgan fingerprint density at radius 1 is 0.653 bits per heavy atom. The zero-order valence-electron chi connectivity index (χ0n) is 42.1. The zero-order chi connectivity index (χ0) is 51.6. The molecule has 0 aliphatic carbocycles. The molecule has 2 aliphatic heterocycles. The van der Waals surface area contributed by atoms with Crippen molar-refractivity contribution in [1.29, 1.82) is 0 Å². The predicted octanol–water partition coefficient (Wildman–Crippen LogP) is 8.67. The number of hydrogen-bond acceptors (Lipinski definition) is 17. The van der Waals surface area contributed by atoms with E-state index < -0.39 is 16.1 Å². The number of likely N-dealkylation sites (tertiary alicyclic amines) is 2. The lowest BCUT2D eigenvalue weighted by atomic mass is 10.1. The van der Waals surface area contributed by atoms with Crippen molar-refractivity contribution in [2.24, 2.45) is 0 Å². The van der Waals surface area contributed by atoms with E-state index >= 15 is 0 Å². The third kappa shape index (κ3) is 14.5. The molecule has 0 unspecified atom stereocenters. The van der Waals surface area contributed by atoms with Crippen molar-refractivity contribution in [3.05, 3.63) is 119 Å². The minimum absolute atomic E-state index is 0.113. The van der Waals surface area contributed by atoms with Gasteiger partial charge in [-0.3, -0.25) is 19.5 Å². The number of carbonyl (C=O) groups excluding carboxylic acids is 2. The summed E-state index contributed by atoms with van der Waals surface area (Å²) in [5, 5.41) is 26.8. The van der Waals surface area contributed by atoms with Crippen LogP contribution in [0.25, 0.3) is 0 Å². The van der Waals surface area contributed by atoms with Gasteiger partial charge in [0.2, 0.25) is 5.82 Å². The van der Waals surface area contributed by atoms with Gasteiger partial charge in [-0.25, -0.2) is 29.5 Å². The van der Waals surface area contributed by atoms with Crippen LogP contribution in [0.2, 0.25) is 0 Å². The molecule has 2 amide bonds. The summed E-state index contributed by atoms with van der Waals surface area (Å²) in [6, 6.07) is 15.0. The summed E-state index contributed by atoms with van der Waals surface area (Å²) >= 11 is 0. The first kappa shape index (κ1) is 51.8. The molecule has 2 saturated heterocycles. The summed E-state index contributed by atoms with van der Waals surface area (Å²) in [5.74, 6) is 3.20. The molecule has 2 aliphatic rings. The molecule has 0 radical (unpaired) electrons. The van der Waals surface area contributed by atoms with Crippen LogP contribution >= 0.6 is 0 Å². The van der Waals surface area contributed by atoms with Gasteiger partial charge in [0.05, 0.1) is 55.5 Å². The number of nitrogens with two attached hydrogens (primary N) is 1. The molecule has 6 heterocycles. The molecular formula is C50H64N14O8. The summed E-state index contributed by atoms with van der Waals surface area (Å²) in [6.07, 6.45) is 13.9. The Hall–Kier alpha value is -8.04. The van der Waals surface area contributed by atoms with Gasteiger partial charge < -0.3 is 45.1 Å². The van der Waals surface area contributed by atoms with Crippen molar-refractivity contribution >= 4 is 46.6 Å². The molecule has 4 N–H and O–H groups in total. The average Bonchev–Trinajstić information content (AvgIpc) is 4.02. The number of nitrogen functional groups attached to an aromatic ring is 1. The van der Waals surface area contributed by atoms with Gasteiger partial charge in [0.25, 0.3) is 0 Å². The van der Waals surface area contributed by atoms with Gasteiger partial charge in [-0.05, 0) is 127 Å². The zero-order valence-corrected chi connectivity index (χ0v) is 42.1. The van der Waals surface area contributed by atoms with E-state index in [1.165, 1.54) is 6.20 Å². The van der Waals surface area contributed by atoms with Crippen LogP contribution in [0.15, 0.2) is 85.7 Å². The molecule has 2 aromatic carbocycles. The van der Waals surface area contributed by atoms with Crippen LogP contribution in [0.3, 0.4) is 0 Å². The minimum atomic E-state index is -0.519. The van der Waals surface area contributed by atoms with Gasteiger partial charge in [0.1, 0.15) is 40.5 Å². The molecule has 2 fully saturated rings. The fourth-order valence-electron chi connectivity index (χ4n) is 7.94. The highest BCUT2D eigenvalue weighted by atomic mass is 16.6. The van der Waals surface area contributed by atoms with Gasteiger partial charge in [-0.15, -0.1) is 0 Å². The minimum Gasteiger partial charge on any atom is -0.497 e. The van der Waals surface area contributed by atoms with E-state index in [1.54, 1.807) is 60.7 Å². The molecule has 0 bridgehead atoms. The summed E-state index contributed by atoms with van der Waals surface area (Å²) in [7, 11) is 3.20. The molecule has 0 atom stereocenters. The van der Waals surface area contributed by atoms with Crippen molar-refractivity contribution in [3.63, 3.8) is 0 Å².